The van der Waals surface area contributed by atoms with Crippen molar-refractivity contribution in [3.8, 4) is 0 Å². The maximum Gasteiger partial charge on any atom is 0.324 e. The largest absolute Gasteiger partial charge is 0.468 e. The molecule has 0 N–H and O–H groups in total. The van der Waals surface area contributed by atoms with E-state index in [2.05, 4.69) is 0 Å². The standard InChI is InChI=1S/C19H21NO4S/c1-14-8-10-16(11-9-14)25(22,23)20-17(15-6-4-3-5-7-15)12-13-18(20)19(21)24-2/h3-11,17-18H,12-13H2,1-2H3/t17-,18+/m0/s1. The topological polar surface area (TPSA) is 63.7 Å². The number of rotatable bonds is 4. The number of methoxy groups -OCH3 is 1. The molecule has 1 saturated heterocycles. The monoisotopic (exact) mass is 359 g/mol. The van der Waals surface area contributed by atoms with Crippen molar-refractivity contribution in [1.82, 2.24) is 4.31 Å². The number of ether oxygens (including phenoxy) is 1. The lowest BCUT2D eigenvalue weighted by Crippen LogP contribution is -2.42. The number of aryl methyl sites for hydroxylation is 1. The molecular weight excluding hydrogens is 338 g/mol. The van der Waals surface area contributed by atoms with E-state index in [9.17, 15) is 13.2 Å². The molecule has 1 aliphatic heterocycles. The lowest BCUT2D eigenvalue weighted by atomic mass is 10.1. The Morgan fingerprint density at radius 1 is 1.04 bits per heavy atom. The Morgan fingerprint density at radius 3 is 2.28 bits per heavy atom. The number of carbonyl (C=O) groups is 1. The summed E-state index contributed by atoms with van der Waals surface area (Å²) in [4.78, 5) is 12.4. The lowest BCUT2D eigenvalue weighted by molar-refractivity contribution is -0.144. The second kappa shape index (κ2) is 6.98. The highest BCUT2D eigenvalue weighted by atomic mass is 32.2. The molecule has 2 aromatic rings. The first-order valence-electron chi connectivity index (χ1n) is 8.18. The molecule has 2 aromatic carbocycles. The predicted molar refractivity (Wildman–Crippen MR) is 94.4 cm³/mol. The summed E-state index contributed by atoms with van der Waals surface area (Å²) < 4.78 is 32.7. The first-order valence-corrected chi connectivity index (χ1v) is 9.62. The molecule has 3 rings (SSSR count). The summed E-state index contributed by atoms with van der Waals surface area (Å²) in [5.74, 6) is -0.519. The van der Waals surface area contributed by atoms with Gasteiger partial charge in [0.25, 0.3) is 0 Å². The van der Waals surface area contributed by atoms with Crippen LogP contribution in [0.15, 0.2) is 59.5 Å². The van der Waals surface area contributed by atoms with E-state index in [1.807, 2.05) is 37.3 Å². The molecule has 6 heteroatoms. The van der Waals surface area contributed by atoms with Gasteiger partial charge >= 0.3 is 5.97 Å². The molecule has 0 aromatic heterocycles. The maximum atomic E-state index is 13.3. The Balaban J connectivity index is 2.07. The van der Waals surface area contributed by atoms with Crippen LogP contribution < -0.4 is 0 Å². The fourth-order valence-electron chi connectivity index (χ4n) is 3.30. The van der Waals surface area contributed by atoms with E-state index in [0.29, 0.717) is 12.8 Å². The maximum absolute atomic E-state index is 13.3. The van der Waals surface area contributed by atoms with Gasteiger partial charge < -0.3 is 4.74 Å². The third-order valence-corrected chi connectivity index (χ3v) is 6.51. The molecule has 1 heterocycles. The zero-order valence-electron chi connectivity index (χ0n) is 14.3. The van der Waals surface area contributed by atoms with Crippen LogP contribution in [0.4, 0.5) is 0 Å². The number of carbonyl (C=O) groups excluding carboxylic acids is 1. The Hall–Kier alpha value is -2.18. The molecule has 5 nitrogen and oxygen atoms in total. The molecule has 0 spiro atoms. The van der Waals surface area contributed by atoms with Crippen molar-refractivity contribution in [2.75, 3.05) is 7.11 Å². The first kappa shape index (κ1) is 17.6. The highest BCUT2D eigenvalue weighted by Gasteiger charge is 2.46. The molecule has 132 valence electrons. The van der Waals surface area contributed by atoms with Crippen LogP contribution in [-0.2, 0) is 19.6 Å². The molecule has 0 saturated carbocycles. The second-order valence-electron chi connectivity index (χ2n) is 6.19. The highest BCUT2D eigenvalue weighted by molar-refractivity contribution is 7.89. The average molecular weight is 359 g/mol. The normalized spacial score (nSPS) is 21.2. The van der Waals surface area contributed by atoms with Gasteiger partial charge in [0.1, 0.15) is 6.04 Å². The average Bonchev–Trinajstić information content (AvgIpc) is 3.08. The fraction of sp³-hybridized carbons (Fsp3) is 0.316. The number of esters is 1. The van der Waals surface area contributed by atoms with E-state index in [4.69, 9.17) is 4.74 Å². The molecule has 1 fully saturated rings. The molecule has 0 unspecified atom stereocenters. The van der Waals surface area contributed by atoms with E-state index in [1.54, 1.807) is 24.3 Å². The minimum absolute atomic E-state index is 0.190. The van der Waals surface area contributed by atoms with E-state index in [-0.39, 0.29) is 10.9 Å². The minimum Gasteiger partial charge on any atom is -0.468 e. The number of benzene rings is 2. The summed E-state index contributed by atoms with van der Waals surface area (Å²) in [6.45, 7) is 1.90. The summed E-state index contributed by atoms with van der Waals surface area (Å²) in [6.07, 6.45) is 1.02. The molecular formula is C19H21NO4S. The number of nitrogens with zero attached hydrogens (tertiary/aromatic N) is 1. The lowest BCUT2D eigenvalue weighted by Gasteiger charge is -2.28. The minimum atomic E-state index is -3.82. The van der Waals surface area contributed by atoms with Crippen LogP contribution in [-0.4, -0.2) is 31.8 Å². The zero-order valence-corrected chi connectivity index (χ0v) is 15.1. The zero-order chi connectivity index (χ0) is 18.0. The Bertz CT molecular complexity index is 847. The van der Waals surface area contributed by atoms with E-state index in [0.717, 1.165) is 11.1 Å². The van der Waals surface area contributed by atoms with Gasteiger partial charge in [-0.3, -0.25) is 4.79 Å². The van der Waals surface area contributed by atoms with Crippen molar-refractivity contribution in [3.05, 3.63) is 65.7 Å². The Morgan fingerprint density at radius 2 is 1.68 bits per heavy atom. The van der Waals surface area contributed by atoms with Crippen LogP contribution in [0, 0.1) is 6.92 Å². The van der Waals surface area contributed by atoms with Crippen molar-refractivity contribution < 1.29 is 17.9 Å². The summed E-state index contributed by atoms with van der Waals surface area (Å²) in [5, 5.41) is 0. The van der Waals surface area contributed by atoms with Crippen LogP contribution in [0.2, 0.25) is 0 Å². The molecule has 2 atom stereocenters. The predicted octanol–water partition coefficient (Wildman–Crippen LogP) is 3.06. The van der Waals surface area contributed by atoms with Gasteiger partial charge in [-0.05, 0) is 37.5 Å². The fourth-order valence-corrected chi connectivity index (χ4v) is 5.11. The van der Waals surface area contributed by atoms with Crippen LogP contribution >= 0.6 is 0 Å². The summed E-state index contributed by atoms with van der Waals surface area (Å²) >= 11 is 0. The van der Waals surface area contributed by atoms with Gasteiger partial charge in [0.15, 0.2) is 0 Å². The van der Waals surface area contributed by atoms with Gasteiger partial charge in [-0.2, -0.15) is 4.31 Å². The third kappa shape index (κ3) is 3.32. The van der Waals surface area contributed by atoms with Crippen LogP contribution in [0.1, 0.15) is 30.0 Å². The van der Waals surface area contributed by atoms with E-state index < -0.39 is 22.0 Å². The molecule has 0 bridgehead atoms. The van der Waals surface area contributed by atoms with Gasteiger partial charge in [0, 0.05) is 0 Å². The Kier molecular flexibility index (Phi) is 4.92. The van der Waals surface area contributed by atoms with Crippen molar-refractivity contribution >= 4 is 16.0 Å². The second-order valence-corrected chi connectivity index (χ2v) is 8.03. The number of hydrogen-bond donors (Lipinski definition) is 0. The van der Waals surface area contributed by atoms with Crippen LogP contribution in [0.5, 0.6) is 0 Å². The van der Waals surface area contributed by atoms with Gasteiger partial charge in [0.2, 0.25) is 10.0 Å². The van der Waals surface area contributed by atoms with Gasteiger partial charge in [-0.25, -0.2) is 8.42 Å². The van der Waals surface area contributed by atoms with E-state index in [1.165, 1.54) is 11.4 Å². The summed E-state index contributed by atoms with van der Waals surface area (Å²) in [6, 6.07) is 14.9. The smallest absolute Gasteiger partial charge is 0.324 e. The molecule has 0 amide bonds. The highest BCUT2D eigenvalue weighted by Crippen LogP contribution is 2.40. The van der Waals surface area contributed by atoms with Gasteiger partial charge in [-0.15, -0.1) is 0 Å². The van der Waals surface area contributed by atoms with Crippen molar-refractivity contribution in [2.24, 2.45) is 0 Å². The van der Waals surface area contributed by atoms with E-state index >= 15 is 0 Å². The number of sulfonamides is 1. The Labute approximate surface area is 148 Å². The van der Waals surface area contributed by atoms with Gasteiger partial charge in [0.05, 0.1) is 18.0 Å². The van der Waals surface area contributed by atoms with Crippen molar-refractivity contribution in [3.63, 3.8) is 0 Å². The SMILES string of the molecule is COC(=O)[C@H]1CC[C@@H](c2ccccc2)N1S(=O)(=O)c1ccc(C)cc1. The summed E-state index contributed by atoms with van der Waals surface area (Å²) in [5.41, 5.74) is 1.86. The third-order valence-electron chi connectivity index (χ3n) is 4.58. The summed E-state index contributed by atoms with van der Waals surface area (Å²) in [7, 11) is -2.54. The number of hydrogen-bond acceptors (Lipinski definition) is 4. The van der Waals surface area contributed by atoms with Crippen LogP contribution in [0.25, 0.3) is 0 Å². The van der Waals surface area contributed by atoms with Gasteiger partial charge in [-0.1, -0.05) is 48.0 Å². The quantitative estimate of drug-likeness (QED) is 0.787. The van der Waals surface area contributed by atoms with Crippen molar-refractivity contribution in [2.45, 2.75) is 36.7 Å². The molecule has 0 radical (unpaired) electrons. The molecule has 0 aliphatic carbocycles. The van der Waals surface area contributed by atoms with Crippen LogP contribution in [0.3, 0.4) is 0 Å². The molecule has 25 heavy (non-hydrogen) atoms. The van der Waals surface area contributed by atoms with Crippen molar-refractivity contribution in [1.29, 1.82) is 0 Å². The first-order chi connectivity index (χ1) is 11.9. The molecule has 1 aliphatic rings.